The van der Waals surface area contributed by atoms with Crippen molar-refractivity contribution >= 4 is 29.5 Å². The standard InChI is InChI=1S/C45H54N10O7/c1-25-33(24-50-39(51-25)28-8-11-30(12-9-28)45(3,4)5)41(58)53-34(15-16-46)44(61)55(6)38-29-10-14-37(62-20-18-48)32(23-29)31-21-27(7-13-36(31)56)22-35(42(59)49-19-17-47)54-40(57)26(2)52-43(38)60/h7-14,21,23-24,26,34-35,38,56H,15-16,18-20,22,46,48H2,1-6H3,(H,49,59)(H,52,60)(H,53,58)(H,54,57). The lowest BCUT2D eigenvalue weighted by molar-refractivity contribution is -0.141. The first-order valence-electron chi connectivity index (χ1n) is 20.2. The monoisotopic (exact) mass is 846 g/mol. The molecule has 0 saturated heterocycles. The molecule has 326 valence electrons. The van der Waals surface area contributed by atoms with Crippen LogP contribution in [0.25, 0.3) is 22.5 Å². The zero-order chi connectivity index (χ0) is 45.3. The van der Waals surface area contributed by atoms with Gasteiger partial charge in [0.1, 0.15) is 48.8 Å². The summed E-state index contributed by atoms with van der Waals surface area (Å²) in [5.74, 6) is -2.90. The van der Waals surface area contributed by atoms with Crippen LogP contribution in [0, 0.1) is 18.3 Å². The molecule has 5 amide bonds. The molecule has 9 N–H and O–H groups in total. The van der Waals surface area contributed by atoms with Crippen molar-refractivity contribution in [3.63, 3.8) is 0 Å². The molecule has 17 nitrogen and oxygen atoms in total. The maximum absolute atomic E-state index is 14.5. The summed E-state index contributed by atoms with van der Waals surface area (Å²) >= 11 is 0. The largest absolute Gasteiger partial charge is 0.507 e. The van der Waals surface area contributed by atoms with E-state index in [1.54, 1.807) is 37.3 Å². The number of rotatable bonds is 12. The van der Waals surface area contributed by atoms with Gasteiger partial charge in [0.2, 0.25) is 23.6 Å². The number of likely N-dealkylation sites (N-methyl/N-ethyl adjacent to an activating group) is 1. The quantitative estimate of drug-likeness (QED) is 0.101. The number of ether oxygens (including phenoxy) is 1. The van der Waals surface area contributed by atoms with Gasteiger partial charge in [-0.05, 0) is 73.2 Å². The lowest BCUT2D eigenvalue weighted by Gasteiger charge is -2.32. The van der Waals surface area contributed by atoms with E-state index < -0.39 is 53.7 Å². The highest BCUT2D eigenvalue weighted by molar-refractivity contribution is 6.00. The topological polar surface area (TPSA) is 268 Å². The lowest BCUT2D eigenvalue weighted by atomic mass is 9.87. The summed E-state index contributed by atoms with van der Waals surface area (Å²) in [4.78, 5) is 79.7. The summed E-state index contributed by atoms with van der Waals surface area (Å²) in [5.41, 5.74) is 15.5. The van der Waals surface area contributed by atoms with E-state index in [2.05, 4.69) is 52.0 Å². The maximum Gasteiger partial charge on any atom is 0.255 e. The summed E-state index contributed by atoms with van der Waals surface area (Å²) in [7, 11) is 1.39. The van der Waals surface area contributed by atoms with Crippen LogP contribution in [-0.4, -0.2) is 101 Å². The predicted molar refractivity (Wildman–Crippen MR) is 231 cm³/mol. The number of nitrogens with zero attached hydrogens (tertiary/aromatic N) is 4. The third kappa shape index (κ3) is 10.9. The van der Waals surface area contributed by atoms with Gasteiger partial charge in [-0.1, -0.05) is 57.2 Å². The number of benzene rings is 3. The minimum absolute atomic E-state index is 0.00632. The zero-order valence-corrected chi connectivity index (χ0v) is 35.7. The fourth-order valence-electron chi connectivity index (χ4n) is 7.03. The minimum atomic E-state index is -1.42. The van der Waals surface area contributed by atoms with Crippen molar-refractivity contribution in [1.82, 2.24) is 36.1 Å². The Bertz CT molecular complexity index is 2360. The molecule has 1 aliphatic heterocycles. The Morgan fingerprint density at radius 3 is 2.39 bits per heavy atom. The number of hydrogen-bond acceptors (Lipinski definition) is 12. The van der Waals surface area contributed by atoms with E-state index in [1.165, 1.54) is 26.2 Å². The Balaban J connectivity index is 1.52. The molecule has 4 unspecified atom stereocenters. The number of amides is 5. The van der Waals surface area contributed by atoms with Gasteiger partial charge in [-0.15, -0.1) is 0 Å². The molecule has 1 aromatic heterocycles. The van der Waals surface area contributed by atoms with Crippen molar-refractivity contribution in [2.75, 3.05) is 33.3 Å². The molecule has 0 radical (unpaired) electrons. The Labute approximate surface area is 360 Å². The van der Waals surface area contributed by atoms with E-state index >= 15 is 0 Å². The van der Waals surface area contributed by atoms with Gasteiger partial charge >= 0.3 is 0 Å². The molecule has 5 rings (SSSR count). The van der Waals surface area contributed by atoms with Crippen LogP contribution in [0.5, 0.6) is 11.5 Å². The van der Waals surface area contributed by atoms with Crippen molar-refractivity contribution in [3.8, 4) is 40.1 Å². The second-order valence-corrected chi connectivity index (χ2v) is 16.1. The van der Waals surface area contributed by atoms with Crippen molar-refractivity contribution in [3.05, 3.63) is 94.8 Å². The van der Waals surface area contributed by atoms with Crippen LogP contribution in [0.2, 0.25) is 0 Å². The van der Waals surface area contributed by atoms with E-state index in [4.69, 9.17) is 21.5 Å². The predicted octanol–water partition coefficient (Wildman–Crippen LogP) is 2.29. The number of nitrogens with one attached hydrogen (secondary N) is 4. The third-order valence-electron chi connectivity index (χ3n) is 10.5. The average Bonchev–Trinajstić information content (AvgIpc) is 3.24. The van der Waals surface area contributed by atoms with Crippen LogP contribution >= 0.6 is 0 Å². The van der Waals surface area contributed by atoms with Crippen molar-refractivity contribution in [1.29, 1.82) is 5.26 Å². The molecule has 3 aromatic carbocycles. The van der Waals surface area contributed by atoms with E-state index in [0.29, 0.717) is 28.4 Å². The Morgan fingerprint density at radius 2 is 1.74 bits per heavy atom. The molecule has 4 bridgehead atoms. The fourth-order valence-corrected chi connectivity index (χ4v) is 7.03. The normalized spacial score (nSPS) is 17.0. The van der Waals surface area contributed by atoms with Crippen LogP contribution < -0.4 is 37.5 Å². The molecule has 62 heavy (non-hydrogen) atoms. The van der Waals surface area contributed by atoms with Crippen molar-refractivity contribution < 1.29 is 33.8 Å². The molecule has 17 heteroatoms. The van der Waals surface area contributed by atoms with E-state index in [9.17, 15) is 29.1 Å². The molecular weight excluding hydrogens is 793 g/mol. The third-order valence-corrected chi connectivity index (χ3v) is 10.5. The number of phenols is 1. The molecule has 4 aromatic rings. The van der Waals surface area contributed by atoms with E-state index in [-0.39, 0.29) is 66.9 Å². The Morgan fingerprint density at radius 1 is 1.02 bits per heavy atom. The number of aromatic hydroxyl groups is 1. The first kappa shape index (κ1) is 46.2. The number of nitriles is 1. The van der Waals surface area contributed by atoms with E-state index in [1.807, 2.05) is 30.3 Å². The second-order valence-electron chi connectivity index (χ2n) is 16.1. The number of fused-ring (bicyclic) bond motifs is 5. The number of hydrogen-bond donors (Lipinski definition) is 7. The summed E-state index contributed by atoms with van der Waals surface area (Å²) in [6, 6.07) is 14.0. The van der Waals surface area contributed by atoms with Gasteiger partial charge in [0.15, 0.2) is 5.82 Å². The van der Waals surface area contributed by atoms with Crippen molar-refractivity contribution in [2.45, 2.75) is 77.0 Å². The van der Waals surface area contributed by atoms with Crippen LogP contribution in [0.15, 0.2) is 66.9 Å². The molecular formula is C45H54N10O7. The summed E-state index contributed by atoms with van der Waals surface area (Å²) in [5, 5.41) is 30.8. The van der Waals surface area contributed by atoms with Crippen LogP contribution in [0.4, 0.5) is 0 Å². The minimum Gasteiger partial charge on any atom is -0.507 e. The molecule has 0 spiro atoms. The molecule has 1 aliphatic rings. The number of aromatic nitrogens is 2. The van der Waals surface area contributed by atoms with Crippen molar-refractivity contribution in [2.24, 2.45) is 11.5 Å². The van der Waals surface area contributed by atoms with Gasteiger partial charge in [0, 0.05) is 42.9 Å². The number of aryl methyl sites for hydroxylation is 1. The molecule has 2 heterocycles. The van der Waals surface area contributed by atoms with Gasteiger partial charge < -0.3 is 47.5 Å². The zero-order valence-electron chi connectivity index (χ0n) is 35.7. The first-order chi connectivity index (χ1) is 29.5. The van der Waals surface area contributed by atoms with Crippen LogP contribution in [-0.2, 0) is 31.0 Å². The SMILES string of the molecule is Cc1nc(-c2ccc(C(C)(C)C)cc2)ncc1C(=O)NC(CCN)C(=O)N(C)C1C(=O)NC(C)C(=O)NC(C(=O)NCC#N)Cc2ccc(O)c(c2)-c2cc1ccc2OCCN. The van der Waals surface area contributed by atoms with Gasteiger partial charge in [-0.25, -0.2) is 9.97 Å². The maximum atomic E-state index is 14.5. The van der Waals surface area contributed by atoms with Gasteiger partial charge in [0.05, 0.1) is 17.3 Å². The molecule has 0 aliphatic carbocycles. The molecule has 0 fully saturated rings. The molecule has 0 saturated carbocycles. The highest BCUT2D eigenvalue weighted by Crippen LogP contribution is 2.39. The highest BCUT2D eigenvalue weighted by Gasteiger charge is 2.36. The van der Waals surface area contributed by atoms with Gasteiger partial charge in [-0.2, -0.15) is 5.26 Å². The van der Waals surface area contributed by atoms with E-state index in [0.717, 1.165) is 16.0 Å². The van der Waals surface area contributed by atoms with Crippen LogP contribution in [0.3, 0.4) is 0 Å². The number of nitrogens with two attached hydrogens (primary N) is 2. The highest BCUT2D eigenvalue weighted by atomic mass is 16.5. The smallest absolute Gasteiger partial charge is 0.255 e. The summed E-state index contributed by atoms with van der Waals surface area (Å²) in [6.07, 6.45) is 1.35. The number of carbonyl (C=O) groups is 5. The lowest BCUT2D eigenvalue weighted by Crippen LogP contribution is -2.56. The molecule has 4 atom stereocenters. The average molecular weight is 847 g/mol. The number of carbonyl (C=O) groups excluding carboxylic acids is 5. The Hall–Kier alpha value is -6.90. The summed E-state index contributed by atoms with van der Waals surface area (Å²) < 4.78 is 5.97. The van der Waals surface area contributed by atoms with Gasteiger partial charge in [-0.3, -0.25) is 24.0 Å². The van der Waals surface area contributed by atoms with Crippen LogP contribution in [0.1, 0.15) is 72.9 Å². The number of phenolic OH excluding ortho intramolecular Hbond substituents is 1. The fraction of sp³-hybridized carbons (Fsp3) is 0.378. The Kier molecular flexibility index (Phi) is 15.0. The first-order valence-corrected chi connectivity index (χ1v) is 20.2. The van der Waals surface area contributed by atoms with Gasteiger partial charge in [0.25, 0.3) is 5.91 Å². The summed E-state index contributed by atoms with van der Waals surface area (Å²) in [6.45, 7) is 9.40. The second kappa shape index (κ2) is 20.1.